The Bertz CT molecular complexity index is 1940. The molecule has 5 heterocycles. The number of nitrogens with zero attached hydrogens (tertiary/aromatic N) is 6. The molecule has 3 aromatic heterocycles. The van der Waals surface area contributed by atoms with Crippen LogP contribution in [0.4, 0.5) is 10.7 Å². The zero-order valence-electron chi connectivity index (χ0n) is 28.1. The summed E-state index contributed by atoms with van der Waals surface area (Å²) in [4.78, 5) is 34.4. The van der Waals surface area contributed by atoms with E-state index in [1.54, 1.807) is 24.7 Å². The molecule has 2 aliphatic rings. The van der Waals surface area contributed by atoms with E-state index in [1.807, 2.05) is 31.5 Å². The smallest absolute Gasteiger partial charge is 0.407 e. The first-order chi connectivity index (χ1) is 21.9. The summed E-state index contributed by atoms with van der Waals surface area (Å²) in [5.41, 5.74) is 1.28. The van der Waals surface area contributed by atoms with Gasteiger partial charge in [0.05, 0.1) is 32.9 Å². The number of anilines is 1. The molecule has 1 aromatic carbocycles. The molecule has 1 amide bonds. The van der Waals surface area contributed by atoms with Crippen molar-refractivity contribution in [1.82, 2.24) is 29.2 Å². The molecule has 2 bridgehead atoms. The number of carbonyl (C=O) groups is 1. The predicted molar refractivity (Wildman–Crippen MR) is 191 cm³/mol. The highest BCUT2D eigenvalue weighted by Crippen LogP contribution is 2.44. The van der Waals surface area contributed by atoms with Gasteiger partial charge in [0, 0.05) is 52.1 Å². The topological polar surface area (TPSA) is 108 Å². The molecule has 15 heteroatoms. The summed E-state index contributed by atoms with van der Waals surface area (Å²) in [5, 5.41) is 9.47. The van der Waals surface area contributed by atoms with E-state index in [2.05, 4.69) is 35.0 Å². The molecule has 47 heavy (non-hydrogen) atoms. The number of rotatable bonds is 8. The highest BCUT2D eigenvalue weighted by Gasteiger charge is 2.49. The van der Waals surface area contributed by atoms with Crippen LogP contribution in [0, 0.1) is 0 Å². The second-order valence-corrected chi connectivity index (χ2v) is 21.7. The summed E-state index contributed by atoms with van der Waals surface area (Å²) >= 11 is 20.3. The maximum absolute atomic E-state index is 14.4. The number of nitrogens with one attached hydrogen (secondary N) is 1. The Labute approximate surface area is 290 Å². The quantitative estimate of drug-likeness (QED) is 0.152. The summed E-state index contributed by atoms with van der Waals surface area (Å²) in [6.45, 7) is 13.2. The lowest BCUT2D eigenvalue weighted by Crippen LogP contribution is -2.46. The van der Waals surface area contributed by atoms with Crippen LogP contribution in [0.3, 0.4) is 0 Å². The van der Waals surface area contributed by atoms with Gasteiger partial charge in [-0.25, -0.2) is 4.79 Å². The van der Waals surface area contributed by atoms with Crippen LogP contribution in [0.25, 0.3) is 33.1 Å². The minimum atomic E-state index is -1.32. The molecule has 11 nitrogen and oxygen atoms in total. The van der Waals surface area contributed by atoms with E-state index in [-0.39, 0.29) is 30.4 Å². The predicted octanol–water partition coefficient (Wildman–Crippen LogP) is 7.20. The zero-order valence-corrected chi connectivity index (χ0v) is 31.3. The van der Waals surface area contributed by atoms with E-state index in [0.29, 0.717) is 60.8 Å². The van der Waals surface area contributed by atoms with Gasteiger partial charge in [-0.1, -0.05) is 54.4 Å². The molecule has 0 radical (unpaired) electrons. The molecule has 0 aliphatic carbocycles. The maximum Gasteiger partial charge on any atom is 0.407 e. The molecule has 2 saturated heterocycles. The largest absolute Gasteiger partial charge is 0.444 e. The third kappa shape index (κ3) is 6.39. The van der Waals surface area contributed by atoms with Gasteiger partial charge in [-0.3, -0.25) is 14.0 Å². The van der Waals surface area contributed by atoms with Gasteiger partial charge in [0.15, 0.2) is 5.65 Å². The lowest BCUT2D eigenvalue weighted by molar-refractivity contribution is 0.0497. The number of alkyl carbamates (subject to hydrolysis) is 1. The first-order valence-corrected chi connectivity index (χ1v) is 20.8. The number of amides is 1. The zero-order chi connectivity index (χ0) is 34.2. The Kier molecular flexibility index (Phi) is 8.91. The molecule has 2 aliphatic heterocycles. The normalized spacial score (nSPS) is 19.8. The van der Waals surface area contributed by atoms with E-state index in [0.717, 1.165) is 25.3 Å². The molecular formula is C32H42Cl3N7O4Si. The molecule has 2 fully saturated rings. The number of benzene rings is 1. The van der Waals surface area contributed by atoms with Crippen molar-refractivity contribution in [2.75, 3.05) is 11.5 Å². The fourth-order valence-electron chi connectivity index (χ4n) is 6.75. The SMILES string of the molecule is Cn1nc2c(Cl)cc(-c3cn(COCC[Si](C)(C)C)c4nc(N5[C@H]6CC[C@@H]5[C@H](NC(=O)OC(C)(C)C)C6)n(C)c(=O)c34)c(Cl)c2c1Cl. The average Bonchev–Trinajstić information content (AvgIpc) is 3.70. The van der Waals surface area contributed by atoms with Gasteiger partial charge >= 0.3 is 6.09 Å². The van der Waals surface area contributed by atoms with Gasteiger partial charge in [0.2, 0.25) is 5.95 Å². The van der Waals surface area contributed by atoms with Crippen molar-refractivity contribution >= 4 is 76.9 Å². The van der Waals surface area contributed by atoms with Crippen LogP contribution < -0.4 is 15.8 Å². The summed E-state index contributed by atoms with van der Waals surface area (Å²) in [7, 11) is 2.13. The Balaban J connectivity index is 1.45. The van der Waals surface area contributed by atoms with Gasteiger partial charge in [0.1, 0.15) is 23.0 Å². The molecule has 3 atom stereocenters. The number of fused-ring (bicyclic) bond motifs is 4. The van der Waals surface area contributed by atoms with E-state index < -0.39 is 19.8 Å². The fourth-order valence-corrected chi connectivity index (χ4v) is 8.35. The van der Waals surface area contributed by atoms with Crippen molar-refractivity contribution < 1.29 is 14.3 Å². The molecule has 1 N–H and O–H groups in total. The number of carbonyl (C=O) groups excluding carboxylic acids is 1. The number of hydrogen-bond donors (Lipinski definition) is 1. The van der Waals surface area contributed by atoms with Crippen LogP contribution in [-0.4, -0.2) is 68.4 Å². The van der Waals surface area contributed by atoms with Gasteiger partial charge in [-0.05, 0) is 52.1 Å². The highest BCUT2D eigenvalue weighted by molar-refractivity contribution is 6.76. The maximum atomic E-state index is 14.4. The first kappa shape index (κ1) is 34.1. The number of hydrogen-bond acceptors (Lipinski definition) is 7. The molecule has 6 rings (SSSR count). The Morgan fingerprint density at radius 3 is 2.51 bits per heavy atom. The summed E-state index contributed by atoms with van der Waals surface area (Å²) in [6.07, 6.45) is 3.96. The van der Waals surface area contributed by atoms with Crippen molar-refractivity contribution in [3.8, 4) is 11.1 Å². The van der Waals surface area contributed by atoms with Crippen LogP contribution in [-0.2, 0) is 30.3 Å². The lowest BCUT2D eigenvalue weighted by Gasteiger charge is -2.28. The van der Waals surface area contributed by atoms with Gasteiger partial charge in [-0.15, -0.1) is 0 Å². The second-order valence-electron chi connectivity index (χ2n) is 14.9. The van der Waals surface area contributed by atoms with Gasteiger partial charge in [-0.2, -0.15) is 10.1 Å². The lowest BCUT2D eigenvalue weighted by atomic mass is 9.96. The van der Waals surface area contributed by atoms with Crippen LogP contribution in [0.2, 0.25) is 40.9 Å². The Morgan fingerprint density at radius 1 is 1.11 bits per heavy atom. The second kappa shape index (κ2) is 12.3. The molecular weight excluding hydrogens is 681 g/mol. The molecule has 0 unspecified atom stereocenters. The standard InChI is InChI=1S/C32H42Cl3N7O4Si/c1-32(2,3)46-31(44)36-21-13-17-9-10-22(21)42(17)30-37-28-23(29(43)39(30)4)19(15-41(28)16-45-11-12-47(6,7)8)18-14-20(33)26-24(25(18)34)27(35)40(5)38-26/h14-15,17,21-22H,9-13,16H2,1-8H3,(H,36,44)/t17-,21+,22+/m0/s1. The highest BCUT2D eigenvalue weighted by atomic mass is 35.5. The summed E-state index contributed by atoms with van der Waals surface area (Å²) < 4.78 is 16.7. The van der Waals surface area contributed by atoms with Crippen molar-refractivity contribution in [2.45, 2.75) is 96.2 Å². The first-order valence-electron chi connectivity index (χ1n) is 15.9. The molecule has 0 spiro atoms. The third-order valence-electron chi connectivity index (χ3n) is 8.99. The average molecular weight is 723 g/mol. The summed E-state index contributed by atoms with van der Waals surface area (Å²) in [5.74, 6) is 0.548. The molecule has 0 saturated carbocycles. The Hall–Kier alpha value is -2.77. The van der Waals surface area contributed by atoms with Crippen molar-refractivity contribution in [2.24, 2.45) is 14.1 Å². The van der Waals surface area contributed by atoms with E-state index in [1.165, 1.54) is 4.68 Å². The molecule has 254 valence electrons. The van der Waals surface area contributed by atoms with E-state index in [9.17, 15) is 9.59 Å². The monoisotopic (exact) mass is 721 g/mol. The van der Waals surface area contributed by atoms with Crippen LogP contribution in [0.15, 0.2) is 17.1 Å². The van der Waals surface area contributed by atoms with Crippen molar-refractivity contribution in [1.29, 1.82) is 0 Å². The number of aryl methyl sites for hydroxylation is 1. The fraction of sp³-hybridized carbons (Fsp3) is 0.562. The van der Waals surface area contributed by atoms with Crippen LogP contribution in [0.1, 0.15) is 40.0 Å². The van der Waals surface area contributed by atoms with Crippen LogP contribution in [0.5, 0.6) is 0 Å². The minimum Gasteiger partial charge on any atom is -0.444 e. The van der Waals surface area contributed by atoms with Crippen molar-refractivity contribution in [3.05, 3.63) is 37.8 Å². The van der Waals surface area contributed by atoms with E-state index in [4.69, 9.17) is 49.3 Å². The summed E-state index contributed by atoms with van der Waals surface area (Å²) in [6, 6.07) is 2.69. The number of aromatic nitrogens is 5. The van der Waals surface area contributed by atoms with Crippen LogP contribution >= 0.6 is 34.8 Å². The number of halogens is 3. The van der Waals surface area contributed by atoms with Gasteiger partial charge < -0.3 is 24.3 Å². The van der Waals surface area contributed by atoms with E-state index >= 15 is 0 Å². The Morgan fingerprint density at radius 2 is 1.83 bits per heavy atom. The minimum absolute atomic E-state index is 0.0256. The number of ether oxygens (including phenoxy) is 2. The third-order valence-corrected chi connectivity index (χ3v) is 11.8. The van der Waals surface area contributed by atoms with Crippen molar-refractivity contribution in [3.63, 3.8) is 0 Å². The van der Waals surface area contributed by atoms with Gasteiger partial charge in [0.25, 0.3) is 5.56 Å². The molecule has 4 aromatic rings.